The Bertz CT molecular complexity index is 502. The molecule has 1 aromatic carbocycles. The van der Waals surface area contributed by atoms with Crippen LogP contribution in [-0.2, 0) is 9.59 Å². The molecular formula is C13H16N2O2S. The number of anilines is 2. The second-order valence-corrected chi connectivity index (χ2v) is 5.87. The molecule has 5 heteroatoms. The van der Waals surface area contributed by atoms with Crippen LogP contribution in [-0.4, -0.2) is 30.5 Å². The molecule has 0 spiro atoms. The van der Waals surface area contributed by atoms with Crippen molar-refractivity contribution in [2.45, 2.75) is 24.0 Å². The highest BCUT2D eigenvalue weighted by Crippen LogP contribution is 2.37. The Morgan fingerprint density at radius 2 is 2.22 bits per heavy atom. The van der Waals surface area contributed by atoms with Crippen molar-refractivity contribution in [3.05, 3.63) is 18.2 Å². The molecule has 96 valence electrons. The Hall–Kier alpha value is -1.49. The maximum absolute atomic E-state index is 11.6. The zero-order chi connectivity index (χ0) is 13.3. The van der Waals surface area contributed by atoms with E-state index in [9.17, 15) is 9.59 Å². The van der Waals surface area contributed by atoms with E-state index in [-0.39, 0.29) is 16.9 Å². The highest BCUT2D eigenvalue weighted by molar-refractivity contribution is 8.00. The van der Waals surface area contributed by atoms with E-state index in [2.05, 4.69) is 5.32 Å². The average molecular weight is 264 g/mol. The molecular weight excluding hydrogens is 248 g/mol. The number of carbonyl (C=O) groups excluding carboxylic acids is 2. The van der Waals surface area contributed by atoms with Gasteiger partial charge in [-0.3, -0.25) is 9.59 Å². The van der Waals surface area contributed by atoms with E-state index in [1.54, 1.807) is 18.7 Å². The molecule has 4 nitrogen and oxygen atoms in total. The molecule has 1 aliphatic rings. The van der Waals surface area contributed by atoms with Gasteiger partial charge < -0.3 is 10.2 Å². The van der Waals surface area contributed by atoms with E-state index in [0.29, 0.717) is 6.54 Å². The van der Waals surface area contributed by atoms with Gasteiger partial charge in [-0.05, 0) is 32.0 Å². The maximum Gasteiger partial charge on any atom is 0.237 e. The Kier molecular flexibility index (Phi) is 3.61. The fourth-order valence-electron chi connectivity index (χ4n) is 1.86. The number of nitrogens with one attached hydrogen (secondary N) is 1. The summed E-state index contributed by atoms with van der Waals surface area (Å²) in [7, 11) is 1.86. The molecule has 2 rings (SSSR count). The number of rotatable bonds is 3. The van der Waals surface area contributed by atoms with Crippen molar-refractivity contribution in [2.75, 3.05) is 23.8 Å². The van der Waals surface area contributed by atoms with Gasteiger partial charge in [0.1, 0.15) is 5.78 Å². The second-order valence-electron chi connectivity index (χ2n) is 4.49. The van der Waals surface area contributed by atoms with Crippen LogP contribution < -0.4 is 10.2 Å². The van der Waals surface area contributed by atoms with Crippen LogP contribution in [0.25, 0.3) is 0 Å². The number of hydrogen-bond acceptors (Lipinski definition) is 4. The van der Waals surface area contributed by atoms with Crippen LogP contribution in [0.2, 0.25) is 0 Å². The van der Waals surface area contributed by atoms with E-state index in [0.717, 1.165) is 16.3 Å². The topological polar surface area (TPSA) is 49.4 Å². The molecule has 0 fully saturated rings. The molecule has 0 radical (unpaired) electrons. The van der Waals surface area contributed by atoms with E-state index in [4.69, 9.17) is 0 Å². The standard InChI is InChI=1S/C13H16N2O2S/c1-8(16)7-15(3)10-4-5-12-11(6-10)14-13(17)9(2)18-12/h4-6,9H,7H2,1-3H3,(H,14,17). The molecule has 18 heavy (non-hydrogen) atoms. The van der Waals surface area contributed by atoms with E-state index >= 15 is 0 Å². The predicted molar refractivity (Wildman–Crippen MR) is 74.3 cm³/mol. The lowest BCUT2D eigenvalue weighted by Crippen LogP contribution is -2.27. The number of fused-ring (bicyclic) bond motifs is 1. The number of ketones is 1. The van der Waals surface area contributed by atoms with Gasteiger partial charge in [0.15, 0.2) is 0 Å². The number of thioether (sulfide) groups is 1. The molecule has 1 heterocycles. The van der Waals surface area contributed by atoms with Crippen molar-refractivity contribution >= 4 is 34.8 Å². The van der Waals surface area contributed by atoms with Gasteiger partial charge in [-0.1, -0.05) is 0 Å². The molecule has 0 saturated heterocycles. The smallest absolute Gasteiger partial charge is 0.237 e. The first kappa shape index (κ1) is 13.0. The minimum Gasteiger partial charge on any atom is -0.367 e. The minimum absolute atomic E-state index is 0.0267. The summed E-state index contributed by atoms with van der Waals surface area (Å²) in [6.07, 6.45) is 0. The van der Waals surface area contributed by atoms with Gasteiger partial charge in [-0.25, -0.2) is 0 Å². The van der Waals surface area contributed by atoms with Crippen molar-refractivity contribution in [3.63, 3.8) is 0 Å². The number of hydrogen-bond donors (Lipinski definition) is 1. The van der Waals surface area contributed by atoms with Crippen molar-refractivity contribution < 1.29 is 9.59 Å². The summed E-state index contributed by atoms with van der Waals surface area (Å²) in [6, 6.07) is 5.87. The number of benzene rings is 1. The van der Waals surface area contributed by atoms with E-state index < -0.39 is 0 Å². The van der Waals surface area contributed by atoms with Gasteiger partial charge >= 0.3 is 0 Å². The summed E-state index contributed by atoms with van der Waals surface area (Å²) in [5.74, 6) is 0.140. The van der Waals surface area contributed by atoms with Gasteiger partial charge in [0.2, 0.25) is 5.91 Å². The Balaban J connectivity index is 2.24. The molecule has 0 saturated carbocycles. The van der Waals surface area contributed by atoms with Gasteiger partial charge in [0.25, 0.3) is 0 Å². The van der Waals surface area contributed by atoms with Crippen LogP contribution in [0.4, 0.5) is 11.4 Å². The Labute approximate surface area is 111 Å². The molecule has 1 aliphatic heterocycles. The third-order valence-electron chi connectivity index (χ3n) is 2.79. The van der Waals surface area contributed by atoms with Gasteiger partial charge in [-0.15, -0.1) is 11.8 Å². The van der Waals surface area contributed by atoms with E-state index in [1.165, 1.54) is 0 Å². The molecule has 1 unspecified atom stereocenters. The summed E-state index contributed by atoms with van der Waals surface area (Å²) < 4.78 is 0. The largest absolute Gasteiger partial charge is 0.367 e. The molecule has 0 bridgehead atoms. The lowest BCUT2D eigenvalue weighted by Gasteiger charge is -2.24. The normalized spacial score (nSPS) is 17.9. The molecule has 1 N–H and O–H groups in total. The lowest BCUT2D eigenvalue weighted by atomic mass is 10.2. The van der Waals surface area contributed by atoms with Gasteiger partial charge in [0.05, 0.1) is 17.5 Å². The minimum atomic E-state index is -0.0571. The van der Waals surface area contributed by atoms with Crippen LogP contribution in [0.3, 0.4) is 0 Å². The van der Waals surface area contributed by atoms with Crippen molar-refractivity contribution in [2.24, 2.45) is 0 Å². The Morgan fingerprint density at radius 1 is 1.50 bits per heavy atom. The predicted octanol–water partition coefficient (Wildman–Crippen LogP) is 2.14. The zero-order valence-corrected chi connectivity index (χ0v) is 11.5. The first-order valence-corrected chi connectivity index (χ1v) is 6.67. The van der Waals surface area contributed by atoms with Crippen LogP contribution in [0.1, 0.15) is 13.8 Å². The fraction of sp³-hybridized carbons (Fsp3) is 0.385. The van der Waals surface area contributed by atoms with Crippen LogP contribution >= 0.6 is 11.8 Å². The highest BCUT2D eigenvalue weighted by Gasteiger charge is 2.23. The molecule has 1 atom stereocenters. The first-order chi connectivity index (χ1) is 8.47. The number of amides is 1. The number of nitrogens with zero attached hydrogens (tertiary/aromatic N) is 1. The summed E-state index contributed by atoms with van der Waals surface area (Å²) >= 11 is 1.56. The van der Waals surface area contributed by atoms with Gasteiger partial charge in [0, 0.05) is 17.6 Å². The Morgan fingerprint density at radius 3 is 2.89 bits per heavy atom. The fourth-order valence-corrected chi connectivity index (χ4v) is 2.79. The van der Waals surface area contributed by atoms with Crippen LogP contribution in [0.5, 0.6) is 0 Å². The second kappa shape index (κ2) is 5.02. The number of likely N-dealkylation sites (N-methyl/N-ethyl adjacent to an activating group) is 1. The zero-order valence-electron chi connectivity index (χ0n) is 10.7. The average Bonchev–Trinajstić information content (AvgIpc) is 2.29. The SMILES string of the molecule is CC(=O)CN(C)c1ccc2c(c1)NC(=O)C(C)S2. The summed E-state index contributed by atoms with van der Waals surface area (Å²) in [5.41, 5.74) is 1.76. The lowest BCUT2D eigenvalue weighted by molar-refractivity contribution is -0.116. The maximum atomic E-state index is 11.6. The van der Waals surface area contributed by atoms with Gasteiger partial charge in [-0.2, -0.15) is 0 Å². The van der Waals surface area contributed by atoms with Crippen molar-refractivity contribution in [1.29, 1.82) is 0 Å². The summed E-state index contributed by atoms with van der Waals surface area (Å²) in [6.45, 7) is 3.82. The van der Waals surface area contributed by atoms with Crippen molar-refractivity contribution in [3.8, 4) is 0 Å². The summed E-state index contributed by atoms with van der Waals surface area (Å²) in [4.78, 5) is 25.7. The first-order valence-electron chi connectivity index (χ1n) is 5.79. The molecule has 1 amide bonds. The molecule has 0 aliphatic carbocycles. The quantitative estimate of drug-likeness (QED) is 0.908. The monoisotopic (exact) mass is 264 g/mol. The van der Waals surface area contributed by atoms with Crippen LogP contribution in [0.15, 0.2) is 23.1 Å². The third kappa shape index (κ3) is 2.67. The number of carbonyl (C=O) groups is 2. The van der Waals surface area contributed by atoms with Crippen molar-refractivity contribution in [1.82, 2.24) is 0 Å². The highest BCUT2D eigenvalue weighted by atomic mass is 32.2. The third-order valence-corrected chi connectivity index (χ3v) is 3.97. The number of Topliss-reactive ketones (excluding diaryl/α,β-unsaturated/α-hetero) is 1. The van der Waals surface area contributed by atoms with Crippen LogP contribution in [0, 0.1) is 0 Å². The summed E-state index contributed by atoms with van der Waals surface area (Å²) in [5, 5.41) is 2.83. The molecule has 0 aromatic heterocycles. The molecule has 1 aromatic rings. The van der Waals surface area contributed by atoms with E-state index in [1.807, 2.05) is 37.1 Å².